The molecule has 1 unspecified atom stereocenters. The summed E-state index contributed by atoms with van der Waals surface area (Å²) in [6.07, 6.45) is 2.77. The van der Waals surface area contributed by atoms with Gasteiger partial charge in [0.2, 0.25) is 0 Å². The van der Waals surface area contributed by atoms with E-state index in [4.69, 9.17) is 16.0 Å². The van der Waals surface area contributed by atoms with Crippen molar-refractivity contribution in [2.45, 2.75) is 12.3 Å². The molecule has 1 N–H and O–H groups in total. The zero-order chi connectivity index (χ0) is 11.0. The molecule has 2 nitrogen and oxygen atoms in total. The summed E-state index contributed by atoms with van der Waals surface area (Å²) >= 11 is 6.04. The minimum absolute atomic E-state index is 0.324. The Morgan fingerprint density at radius 2 is 2.25 bits per heavy atom. The number of benzene rings is 1. The Morgan fingerprint density at radius 1 is 1.31 bits per heavy atom. The first-order valence-electron chi connectivity index (χ1n) is 5.41. The van der Waals surface area contributed by atoms with Crippen LogP contribution in [0.15, 0.2) is 41.0 Å². The topological polar surface area (TPSA) is 25.2 Å². The molecule has 0 bridgehead atoms. The zero-order valence-corrected chi connectivity index (χ0v) is 9.50. The third-order valence-electron chi connectivity index (χ3n) is 3.02. The van der Waals surface area contributed by atoms with Gasteiger partial charge in [-0.2, -0.15) is 0 Å². The van der Waals surface area contributed by atoms with Crippen LogP contribution in [0.2, 0.25) is 5.02 Å². The van der Waals surface area contributed by atoms with Gasteiger partial charge < -0.3 is 9.73 Å². The lowest BCUT2D eigenvalue weighted by Crippen LogP contribution is -2.17. The van der Waals surface area contributed by atoms with Crippen molar-refractivity contribution in [1.82, 2.24) is 0 Å². The van der Waals surface area contributed by atoms with Crippen LogP contribution in [0.4, 0.5) is 5.69 Å². The van der Waals surface area contributed by atoms with Crippen LogP contribution >= 0.6 is 11.6 Å². The van der Waals surface area contributed by atoms with Gasteiger partial charge in [-0.25, -0.2) is 0 Å². The van der Waals surface area contributed by atoms with E-state index in [9.17, 15) is 0 Å². The molecule has 3 rings (SSSR count). The van der Waals surface area contributed by atoms with Gasteiger partial charge in [0, 0.05) is 23.2 Å². The molecule has 0 spiro atoms. The lowest BCUT2D eigenvalue weighted by atomic mass is 9.89. The zero-order valence-electron chi connectivity index (χ0n) is 8.74. The summed E-state index contributed by atoms with van der Waals surface area (Å²) in [5, 5.41) is 4.16. The average molecular weight is 234 g/mol. The molecule has 2 heterocycles. The van der Waals surface area contributed by atoms with E-state index in [-0.39, 0.29) is 0 Å². The molecule has 82 valence electrons. The quantitative estimate of drug-likeness (QED) is 0.809. The summed E-state index contributed by atoms with van der Waals surface area (Å²) in [6.45, 7) is 0.972. The largest absolute Gasteiger partial charge is 0.469 e. The van der Waals surface area contributed by atoms with Crippen LogP contribution in [0.25, 0.3) is 0 Å². The number of hydrogen-bond acceptors (Lipinski definition) is 2. The second-order valence-electron chi connectivity index (χ2n) is 4.02. The molecule has 0 aliphatic carbocycles. The number of anilines is 1. The van der Waals surface area contributed by atoms with Gasteiger partial charge in [0.15, 0.2) is 0 Å². The predicted molar refractivity (Wildman–Crippen MR) is 65.1 cm³/mol. The first kappa shape index (κ1) is 9.79. The number of halogens is 1. The summed E-state index contributed by atoms with van der Waals surface area (Å²) in [6, 6.07) is 9.93. The fourth-order valence-electron chi connectivity index (χ4n) is 2.27. The Balaban J connectivity index is 2.08. The van der Waals surface area contributed by atoms with E-state index in [0.717, 1.165) is 29.4 Å². The monoisotopic (exact) mass is 233 g/mol. The van der Waals surface area contributed by atoms with E-state index in [2.05, 4.69) is 5.32 Å². The smallest absolute Gasteiger partial charge is 0.111 e. The van der Waals surface area contributed by atoms with Crippen LogP contribution in [0.3, 0.4) is 0 Å². The van der Waals surface area contributed by atoms with Crippen LogP contribution in [-0.2, 0) is 0 Å². The molecule has 1 aromatic heterocycles. The van der Waals surface area contributed by atoms with E-state index >= 15 is 0 Å². The number of hydrogen-bond donors (Lipinski definition) is 1. The van der Waals surface area contributed by atoms with Gasteiger partial charge >= 0.3 is 0 Å². The van der Waals surface area contributed by atoms with Gasteiger partial charge in [0.25, 0.3) is 0 Å². The van der Waals surface area contributed by atoms with Crippen molar-refractivity contribution in [2.75, 3.05) is 11.9 Å². The van der Waals surface area contributed by atoms with Crippen molar-refractivity contribution >= 4 is 17.3 Å². The molecule has 1 atom stereocenters. The Kier molecular flexibility index (Phi) is 2.37. The van der Waals surface area contributed by atoms with Gasteiger partial charge in [-0.3, -0.25) is 0 Å². The van der Waals surface area contributed by atoms with E-state index in [1.165, 1.54) is 5.56 Å². The molecule has 1 aromatic carbocycles. The lowest BCUT2D eigenvalue weighted by Gasteiger charge is -2.25. The highest BCUT2D eigenvalue weighted by Gasteiger charge is 2.23. The normalized spacial score (nSPS) is 18.9. The number of fused-ring (bicyclic) bond motifs is 1. The standard InChI is InChI=1S/C13H12ClNO/c14-9-3-4-12-11(8-9)10(5-6-15-12)13-2-1-7-16-13/h1-4,7-8,10,15H,5-6H2. The second kappa shape index (κ2) is 3.87. The Hall–Kier alpha value is -1.41. The maximum atomic E-state index is 6.04. The molecule has 0 saturated carbocycles. The van der Waals surface area contributed by atoms with Crippen molar-refractivity contribution in [2.24, 2.45) is 0 Å². The molecule has 1 aliphatic heterocycles. The van der Waals surface area contributed by atoms with Crippen molar-refractivity contribution < 1.29 is 4.42 Å². The first-order chi connectivity index (χ1) is 7.84. The average Bonchev–Trinajstić information content (AvgIpc) is 2.81. The van der Waals surface area contributed by atoms with Crippen LogP contribution in [0.5, 0.6) is 0 Å². The van der Waals surface area contributed by atoms with E-state index in [0.29, 0.717) is 5.92 Å². The fraction of sp³-hybridized carbons (Fsp3) is 0.231. The number of nitrogens with one attached hydrogen (secondary N) is 1. The summed E-state index contributed by atoms with van der Waals surface area (Å²) in [7, 11) is 0. The highest BCUT2D eigenvalue weighted by Crippen LogP contribution is 2.37. The minimum Gasteiger partial charge on any atom is -0.469 e. The predicted octanol–water partition coefficient (Wildman–Crippen LogP) is 3.88. The summed E-state index contributed by atoms with van der Waals surface area (Å²) in [5.41, 5.74) is 2.39. The maximum Gasteiger partial charge on any atom is 0.111 e. The van der Waals surface area contributed by atoms with Gasteiger partial charge in [-0.1, -0.05) is 11.6 Å². The third-order valence-corrected chi connectivity index (χ3v) is 3.26. The minimum atomic E-state index is 0.324. The molecule has 0 saturated heterocycles. The number of rotatable bonds is 1. The molecule has 0 fully saturated rings. The SMILES string of the molecule is Clc1ccc2c(c1)C(c1ccco1)CCN2. The van der Waals surface area contributed by atoms with Crippen molar-refractivity contribution in [3.8, 4) is 0 Å². The molecule has 2 aromatic rings. The van der Waals surface area contributed by atoms with Crippen molar-refractivity contribution in [3.63, 3.8) is 0 Å². The Bertz CT molecular complexity index is 493. The van der Waals surface area contributed by atoms with Gasteiger partial charge in [-0.15, -0.1) is 0 Å². The molecule has 16 heavy (non-hydrogen) atoms. The Labute approximate surface area is 99.2 Å². The summed E-state index contributed by atoms with van der Waals surface area (Å²) in [5.74, 6) is 1.34. The summed E-state index contributed by atoms with van der Waals surface area (Å²) < 4.78 is 5.50. The Morgan fingerprint density at radius 3 is 3.06 bits per heavy atom. The van der Waals surface area contributed by atoms with E-state index in [1.807, 2.05) is 30.3 Å². The third kappa shape index (κ3) is 1.59. The van der Waals surface area contributed by atoms with Crippen LogP contribution < -0.4 is 5.32 Å². The summed E-state index contributed by atoms with van der Waals surface area (Å²) in [4.78, 5) is 0. The molecular weight excluding hydrogens is 222 g/mol. The fourth-order valence-corrected chi connectivity index (χ4v) is 2.46. The molecule has 3 heteroatoms. The molecule has 0 radical (unpaired) electrons. The number of furan rings is 1. The van der Waals surface area contributed by atoms with Gasteiger partial charge in [-0.05, 0) is 42.3 Å². The molecular formula is C13H12ClNO. The molecule has 0 amide bonds. The first-order valence-corrected chi connectivity index (χ1v) is 5.79. The van der Waals surface area contributed by atoms with Crippen LogP contribution in [-0.4, -0.2) is 6.54 Å². The van der Waals surface area contributed by atoms with Crippen LogP contribution in [0, 0.1) is 0 Å². The van der Waals surface area contributed by atoms with Crippen LogP contribution in [0.1, 0.15) is 23.7 Å². The van der Waals surface area contributed by atoms with E-state index in [1.54, 1.807) is 6.26 Å². The van der Waals surface area contributed by atoms with Crippen molar-refractivity contribution in [3.05, 3.63) is 52.9 Å². The van der Waals surface area contributed by atoms with Gasteiger partial charge in [0.1, 0.15) is 5.76 Å². The van der Waals surface area contributed by atoms with Gasteiger partial charge in [0.05, 0.1) is 6.26 Å². The van der Waals surface area contributed by atoms with Crippen molar-refractivity contribution in [1.29, 1.82) is 0 Å². The maximum absolute atomic E-state index is 6.04. The lowest BCUT2D eigenvalue weighted by molar-refractivity contribution is 0.474. The highest BCUT2D eigenvalue weighted by atomic mass is 35.5. The highest BCUT2D eigenvalue weighted by molar-refractivity contribution is 6.30. The second-order valence-corrected chi connectivity index (χ2v) is 4.45. The van der Waals surface area contributed by atoms with E-state index < -0.39 is 0 Å². The molecule has 1 aliphatic rings.